The molecule has 0 saturated heterocycles. The minimum Gasteiger partial charge on any atom is -0.397 e. The predicted molar refractivity (Wildman–Crippen MR) is 69.8 cm³/mol. The number of nitrogens with two attached hydrogens (primary N) is 1. The lowest BCUT2D eigenvalue weighted by Crippen LogP contribution is -2.10. The molecule has 4 nitrogen and oxygen atoms in total. The topological polar surface area (TPSA) is 72.2 Å². The van der Waals surface area contributed by atoms with Crippen molar-refractivity contribution in [3.63, 3.8) is 0 Å². The summed E-state index contributed by atoms with van der Waals surface area (Å²) in [5.74, 6) is 0. The molecule has 1 aromatic carbocycles. The zero-order valence-corrected chi connectivity index (χ0v) is 11.1. The number of nitrogens with one attached hydrogen (secondary N) is 1. The van der Waals surface area contributed by atoms with E-state index in [4.69, 9.17) is 5.73 Å². The van der Waals surface area contributed by atoms with Gasteiger partial charge in [0, 0.05) is 12.3 Å². The van der Waals surface area contributed by atoms with E-state index in [-0.39, 0.29) is 4.90 Å². The van der Waals surface area contributed by atoms with Crippen LogP contribution in [0.3, 0.4) is 0 Å². The molecule has 17 heavy (non-hydrogen) atoms. The van der Waals surface area contributed by atoms with E-state index in [0.717, 1.165) is 12.1 Å². The number of nitrogen functional groups attached to an aromatic ring is 1. The van der Waals surface area contributed by atoms with Crippen LogP contribution in [0.5, 0.6) is 0 Å². The maximum Gasteiger partial charge on any atom is 0.175 e. The van der Waals surface area contributed by atoms with E-state index in [0.29, 0.717) is 17.1 Å². The summed E-state index contributed by atoms with van der Waals surface area (Å²) >= 11 is 0. The van der Waals surface area contributed by atoms with Gasteiger partial charge in [-0.15, -0.1) is 0 Å². The van der Waals surface area contributed by atoms with Gasteiger partial charge in [0.15, 0.2) is 9.84 Å². The highest BCUT2D eigenvalue weighted by Crippen LogP contribution is 2.47. The van der Waals surface area contributed by atoms with E-state index < -0.39 is 9.84 Å². The zero-order chi connectivity index (χ0) is 12.8. The van der Waals surface area contributed by atoms with Gasteiger partial charge in [-0.05, 0) is 30.0 Å². The number of hydrogen-bond donors (Lipinski definition) is 2. The van der Waals surface area contributed by atoms with Crippen molar-refractivity contribution in [2.45, 2.75) is 31.2 Å². The molecular weight excluding hydrogens is 236 g/mol. The van der Waals surface area contributed by atoms with Gasteiger partial charge in [-0.1, -0.05) is 13.8 Å². The van der Waals surface area contributed by atoms with Crippen LogP contribution in [0.15, 0.2) is 23.1 Å². The minimum absolute atomic E-state index is 0.260. The first-order valence-electron chi connectivity index (χ1n) is 5.56. The molecule has 1 aromatic rings. The Bertz CT molecular complexity index is 550. The highest BCUT2D eigenvalue weighted by molar-refractivity contribution is 7.90. The molecule has 3 N–H and O–H groups in total. The molecule has 0 aromatic heterocycles. The van der Waals surface area contributed by atoms with Crippen LogP contribution in [0.4, 0.5) is 11.4 Å². The fourth-order valence-electron chi connectivity index (χ4n) is 1.80. The fraction of sp³-hybridized carbons (Fsp3) is 0.500. The minimum atomic E-state index is -3.19. The van der Waals surface area contributed by atoms with Gasteiger partial charge in [0.2, 0.25) is 0 Å². The summed E-state index contributed by atoms with van der Waals surface area (Å²) in [5, 5.41) is 3.33. The van der Waals surface area contributed by atoms with Crippen molar-refractivity contribution < 1.29 is 8.42 Å². The number of sulfone groups is 1. The predicted octanol–water partition coefficient (Wildman–Crippen LogP) is 1.88. The number of rotatable bonds is 3. The van der Waals surface area contributed by atoms with Gasteiger partial charge >= 0.3 is 0 Å². The molecular formula is C12H18N2O2S. The van der Waals surface area contributed by atoms with Crippen molar-refractivity contribution in [2.75, 3.05) is 17.3 Å². The normalized spacial score (nSPS) is 22.2. The van der Waals surface area contributed by atoms with E-state index in [2.05, 4.69) is 19.2 Å². The lowest BCUT2D eigenvalue weighted by molar-refractivity contribution is 0.602. The Hall–Kier alpha value is -1.23. The maximum absolute atomic E-state index is 11.4. The Morgan fingerprint density at radius 2 is 2.00 bits per heavy atom. The van der Waals surface area contributed by atoms with Crippen LogP contribution in [-0.4, -0.2) is 20.7 Å². The third-order valence-electron chi connectivity index (χ3n) is 3.29. The van der Waals surface area contributed by atoms with Crippen LogP contribution in [0.2, 0.25) is 0 Å². The molecule has 1 atom stereocenters. The lowest BCUT2D eigenvalue weighted by atomic mass is 10.2. The fourth-order valence-corrected chi connectivity index (χ4v) is 2.46. The second-order valence-corrected chi connectivity index (χ2v) is 7.43. The van der Waals surface area contributed by atoms with Gasteiger partial charge in [0.05, 0.1) is 16.3 Å². The Morgan fingerprint density at radius 3 is 2.41 bits per heavy atom. The molecule has 0 radical (unpaired) electrons. The standard InChI is InChI=1S/C12H18N2O2S/c1-12(2)7-11(12)14-10-5-4-8(6-9(10)13)17(3,15)16/h4-6,11,14H,7,13H2,1-3H3. The quantitative estimate of drug-likeness (QED) is 0.808. The summed E-state index contributed by atoms with van der Waals surface area (Å²) in [6, 6.07) is 5.25. The Morgan fingerprint density at radius 1 is 1.41 bits per heavy atom. The molecule has 5 heteroatoms. The van der Waals surface area contributed by atoms with Gasteiger partial charge in [-0.2, -0.15) is 0 Å². The largest absolute Gasteiger partial charge is 0.397 e. The molecule has 1 unspecified atom stereocenters. The first-order valence-corrected chi connectivity index (χ1v) is 7.45. The van der Waals surface area contributed by atoms with Gasteiger partial charge in [0.1, 0.15) is 0 Å². The van der Waals surface area contributed by atoms with Crippen LogP contribution in [0.25, 0.3) is 0 Å². The van der Waals surface area contributed by atoms with Crippen molar-refractivity contribution in [3.05, 3.63) is 18.2 Å². The van der Waals surface area contributed by atoms with Crippen LogP contribution in [-0.2, 0) is 9.84 Å². The van der Waals surface area contributed by atoms with Gasteiger partial charge in [-0.3, -0.25) is 0 Å². The monoisotopic (exact) mass is 254 g/mol. The van der Waals surface area contributed by atoms with E-state index in [1.54, 1.807) is 12.1 Å². The third kappa shape index (κ3) is 2.54. The smallest absolute Gasteiger partial charge is 0.175 e. The molecule has 1 aliphatic carbocycles. The Balaban J connectivity index is 2.21. The van der Waals surface area contributed by atoms with Crippen LogP contribution < -0.4 is 11.1 Å². The second kappa shape index (κ2) is 3.63. The highest BCUT2D eigenvalue weighted by atomic mass is 32.2. The van der Waals surface area contributed by atoms with Crippen molar-refractivity contribution >= 4 is 21.2 Å². The van der Waals surface area contributed by atoms with Gasteiger partial charge < -0.3 is 11.1 Å². The van der Waals surface area contributed by atoms with E-state index in [1.807, 2.05) is 0 Å². The summed E-state index contributed by atoms with van der Waals surface area (Å²) < 4.78 is 22.7. The molecule has 1 aliphatic rings. The van der Waals surface area contributed by atoms with Crippen LogP contribution in [0.1, 0.15) is 20.3 Å². The summed E-state index contributed by atoms with van der Waals surface area (Å²) in [4.78, 5) is 0.260. The molecule has 0 heterocycles. The SMILES string of the molecule is CC1(C)CC1Nc1ccc(S(C)(=O)=O)cc1N. The summed E-state index contributed by atoms with van der Waals surface area (Å²) in [6.07, 6.45) is 2.29. The first-order chi connectivity index (χ1) is 7.70. The highest BCUT2D eigenvalue weighted by Gasteiger charge is 2.45. The van der Waals surface area contributed by atoms with E-state index >= 15 is 0 Å². The van der Waals surface area contributed by atoms with Crippen molar-refractivity contribution in [2.24, 2.45) is 5.41 Å². The van der Waals surface area contributed by atoms with Crippen LogP contribution in [0, 0.1) is 5.41 Å². The van der Waals surface area contributed by atoms with Crippen molar-refractivity contribution in [3.8, 4) is 0 Å². The molecule has 0 bridgehead atoms. The average molecular weight is 254 g/mol. The molecule has 0 amide bonds. The third-order valence-corrected chi connectivity index (χ3v) is 4.40. The Kier molecular flexibility index (Phi) is 2.61. The van der Waals surface area contributed by atoms with Crippen LogP contribution >= 0.6 is 0 Å². The van der Waals surface area contributed by atoms with Crippen molar-refractivity contribution in [1.29, 1.82) is 0 Å². The molecule has 0 aliphatic heterocycles. The first kappa shape index (κ1) is 12.2. The molecule has 2 rings (SSSR count). The number of benzene rings is 1. The molecule has 1 fully saturated rings. The summed E-state index contributed by atoms with van der Waals surface area (Å²) in [6.45, 7) is 4.37. The van der Waals surface area contributed by atoms with Gasteiger partial charge in [0.25, 0.3) is 0 Å². The summed E-state index contributed by atoms with van der Waals surface area (Å²) in [5.41, 5.74) is 7.46. The van der Waals surface area contributed by atoms with E-state index in [1.165, 1.54) is 12.3 Å². The van der Waals surface area contributed by atoms with Gasteiger partial charge in [-0.25, -0.2) is 8.42 Å². The molecule has 0 spiro atoms. The zero-order valence-electron chi connectivity index (χ0n) is 10.3. The Labute approximate surface area is 102 Å². The lowest BCUT2D eigenvalue weighted by Gasteiger charge is -2.11. The van der Waals surface area contributed by atoms with Crippen molar-refractivity contribution in [1.82, 2.24) is 0 Å². The molecule has 1 saturated carbocycles. The van der Waals surface area contributed by atoms with E-state index in [9.17, 15) is 8.42 Å². The average Bonchev–Trinajstić information content (AvgIpc) is 2.75. The second-order valence-electron chi connectivity index (χ2n) is 5.41. The number of anilines is 2. The number of hydrogen-bond acceptors (Lipinski definition) is 4. The molecule has 94 valence electrons. The summed E-state index contributed by atoms with van der Waals surface area (Å²) in [7, 11) is -3.19. The maximum atomic E-state index is 11.4.